The number of rotatable bonds is 2. The number of halogens is 2. The van der Waals surface area contributed by atoms with Gasteiger partial charge in [0.05, 0.1) is 18.2 Å². The van der Waals surface area contributed by atoms with E-state index in [-0.39, 0.29) is 5.82 Å². The van der Waals surface area contributed by atoms with E-state index in [0.29, 0.717) is 39.8 Å². The van der Waals surface area contributed by atoms with Crippen LogP contribution in [0.25, 0.3) is 11.4 Å². The third-order valence-electron chi connectivity index (χ3n) is 3.99. The Bertz CT molecular complexity index is 1050. The van der Waals surface area contributed by atoms with E-state index >= 15 is 0 Å². The third kappa shape index (κ3) is 2.83. The molecule has 4 rings (SSSR count). The largest absolute Gasteiger partial charge is 0.493 e. The molecule has 3 aromatic rings. The molecule has 2 heterocycles. The number of aromatic amines is 1. The zero-order valence-electron chi connectivity index (χ0n) is 13.1. The summed E-state index contributed by atoms with van der Waals surface area (Å²) < 4.78 is 26.8. The number of nitrogens with one attached hydrogen (secondary N) is 1. The van der Waals surface area contributed by atoms with Crippen molar-refractivity contribution in [3.05, 3.63) is 62.5 Å². The maximum Gasteiger partial charge on any atom is 0.205 e. The molecule has 1 aliphatic rings. The monoisotopic (exact) mass is 418 g/mol. The van der Waals surface area contributed by atoms with Crippen molar-refractivity contribution in [2.45, 2.75) is 6.42 Å². The lowest BCUT2D eigenvalue weighted by atomic mass is 10.0. The van der Waals surface area contributed by atoms with E-state index in [2.05, 4.69) is 25.9 Å². The molecule has 0 radical (unpaired) electrons. The summed E-state index contributed by atoms with van der Waals surface area (Å²) in [6.07, 6.45) is 0.556. The number of ether oxygens (including phenoxy) is 2. The van der Waals surface area contributed by atoms with Gasteiger partial charge in [0.2, 0.25) is 5.88 Å². The van der Waals surface area contributed by atoms with E-state index in [1.165, 1.54) is 6.07 Å². The van der Waals surface area contributed by atoms with E-state index in [1.807, 2.05) is 12.1 Å². The summed E-state index contributed by atoms with van der Waals surface area (Å²) in [4.78, 5) is 7.41. The molecule has 1 N–H and O–H groups in total. The molecule has 0 spiro atoms. The fraction of sp³-hybridized carbons (Fsp3) is 0.111. The maximum absolute atomic E-state index is 14.1. The molecule has 0 fully saturated rings. The summed E-state index contributed by atoms with van der Waals surface area (Å²) in [6.45, 7) is 0. The molecule has 0 aliphatic carbocycles. The molecule has 2 aromatic carbocycles. The Morgan fingerprint density at radius 2 is 2.12 bits per heavy atom. The molecule has 0 unspecified atom stereocenters. The Labute approximate surface area is 156 Å². The highest BCUT2D eigenvalue weighted by Gasteiger charge is 2.24. The van der Waals surface area contributed by atoms with Gasteiger partial charge in [-0.15, -0.1) is 0 Å². The average molecular weight is 419 g/mol. The van der Waals surface area contributed by atoms with Crippen molar-refractivity contribution in [1.82, 2.24) is 9.97 Å². The molecule has 4 nitrogen and oxygen atoms in total. The molecule has 25 heavy (non-hydrogen) atoms. The van der Waals surface area contributed by atoms with E-state index in [1.54, 1.807) is 25.3 Å². The summed E-state index contributed by atoms with van der Waals surface area (Å²) in [6, 6.07) is 10.2. The van der Waals surface area contributed by atoms with Crippen LogP contribution in [-0.2, 0) is 6.42 Å². The fourth-order valence-electron chi connectivity index (χ4n) is 2.81. The topological polar surface area (TPSA) is 47.1 Å². The van der Waals surface area contributed by atoms with Gasteiger partial charge in [-0.2, -0.15) is 0 Å². The number of nitrogens with zero attached hydrogens (tertiary/aromatic N) is 1. The highest BCUT2D eigenvalue weighted by atomic mass is 79.9. The van der Waals surface area contributed by atoms with Crippen LogP contribution >= 0.6 is 28.1 Å². The summed E-state index contributed by atoms with van der Waals surface area (Å²) in [5, 5.41) is 0. The predicted molar refractivity (Wildman–Crippen MR) is 98.4 cm³/mol. The van der Waals surface area contributed by atoms with E-state index < -0.39 is 0 Å². The van der Waals surface area contributed by atoms with Crippen LogP contribution in [0.4, 0.5) is 4.39 Å². The van der Waals surface area contributed by atoms with Gasteiger partial charge in [0, 0.05) is 16.5 Å². The van der Waals surface area contributed by atoms with Crippen LogP contribution in [-0.4, -0.2) is 17.1 Å². The minimum Gasteiger partial charge on any atom is -0.493 e. The standard InChI is InChI=1S/C18H12BrFN2O2S/c1-23-14-8-10(19)6-9-7-12-17(24-15(9)14)21-16(22-18(12)25)11-4-2-3-5-13(11)20/h2-6,8H,7H2,1H3,(H,21,22,25). The van der Waals surface area contributed by atoms with Gasteiger partial charge < -0.3 is 14.5 Å². The number of hydrogen-bond acceptors (Lipinski definition) is 4. The molecule has 1 aliphatic heterocycles. The molecular weight excluding hydrogens is 407 g/mol. The molecule has 0 saturated heterocycles. The van der Waals surface area contributed by atoms with Crippen LogP contribution in [0, 0.1) is 10.5 Å². The Balaban J connectivity index is 1.86. The number of H-pyrrole nitrogens is 1. The molecule has 7 heteroatoms. The summed E-state index contributed by atoms with van der Waals surface area (Å²) in [7, 11) is 1.58. The van der Waals surface area contributed by atoms with Crippen molar-refractivity contribution < 1.29 is 13.9 Å². The van der Waals surface area contributed by atoms with Crippen LogP contribution in [0.5, 0.6) is 17.4 Å². The van der Waals surface area contributed by atoms with Crippen LogP contribution in [0.1, 0.15) is 11.1 Å². The lowest BCUT2D eigenvalue weighted by Crippen LogP contribution is -2.09. The SMILES string of the molecule is COc1cc(Br)cc2c1Oc1[nH]c(-c3ccccc3F)nc(=S)c1C2. The number of fused-ring (bicyclic) bond motifs is 2. The second-order valence-electron chi connectivity index (χ2n) is 5.55. The Hall–Kier alpha value is -2.25. The zero-order chi connectivity index (χ0) is 17.6. The number of hydrogen-bond donors (Lipinski definition) is 1. The normalized spacial score (nSPS) is 12.1. The van der Waals surface area contributed by atoms with Gasteiger partial charge >= 0.3 is 0 Å². The summed E-state index contributed by atoms with van der Waals surface area (Å²) in [5.41, 5.74) is 2.05. The first-order valence-corrected chi connectivity index (χ1v) is 8.69. The molecular formula is C18H12BrFN2O2S. The van der Waals surface area contributed by atoms with Crippen molar-refractivity contribution in [2.24, 2.45) is 0 Å². The molecule has 1 aromatic heterocycles. The van der Waals surface area contributed by atoms with Crippen molar-refractivity contribution in [1.29, 1.82) is 0 Å². The van der Waals surface area contributed by atoms with Gasteiger partial charge in [-0.3, -0.25) is 0 Å². The van der Waals surface area contributed by atoms with E-state index in [9.17, 15) is 4.39 Å². The van der Waals surface area contributed by atoms with Crippen LogP contribution < -0.4 is 9.47 Å². The summed E-state index contributed by atoms with van der Waals surface area (Å²) in [5.74, 6) is 1.65. The molecule has 0 bridgehead atoms. The van der Waals surface area contributed by atoms with E-state index in [0.717, 1.165) is 15.6 Å². The van der Waals surface area contributed by atoms with Gasteiger partial charge in [0.25, 0.3) is 0 Å². The first-order chi connectivity index (χ1) is 12.1. The Kier molecular flexibility index (Phi) is 4.05. The predicted octanol–water partition coefficient (Wildman–Crippen LogP) is 5.41. The molecule has 0 saturated carbocycles. The maximum atomic E-state index is 14.1. The molecule has 126 valence electrons. The summed E-state index contributed by atoms with van der Waals surface area (Å²) >= 11 is 8.88. The average Bonchev–Trinajstić information content (AvgIpc) is 2.60. The fourth-order valence-corrected chi connectivity index (χ4v) is 3.56. The smallest absolute Gasteiger partial charge is 0.205 e. The van der Waals surface area contributed by atoms with Crippen molar-refractivity contribution >= 4 is 28.1 Å². The van der Waals surface area contributed by atoms with Crippen LogP contribution in [0.3, 0.4) is 0 Å². The lowest BCUT2D eigenvalue weighted by Gasteiger charge is -2.22. The Morgan fingerprint density at radius 3 is 2.88 bits per heavy atom. The van der Waals surface area contributed by atoms with Gasteiger partial charge in [0.1, 0.15) is 16.3 Å². The zero-order valence-corrected chi connectivity index (χ0v) is 15.5. The quantitative estimate of drug-likeness (QED) is 0.442. The number of aromatic nitrogens is 2. The van der Waals surface area contributed by atoms with Crippen molar-refractivity contribution in [3.63, 3.8) is 0 Å². The molecule has 0 amide bonds. The van der Waals surface area contributed by atoms with Gasteiger partial charge in [-0.1, -0.05) is 40.3 Å². The van der Waals surface area contributed by atoms with Gasteiger partial charge in [-0.05, 0) is 24.3 Å². The number of methoxy groups -OCH3 is 1. The number of benzene rings is 2. The Morgan fingerprint density at radius 1 is 1.32 bits per heavy atom. The van der Waals surface area contributed by atoms with Crippen LogP contribution in [0.15, 0.2) is 40.9 Å². The van der Waals surface area contributed by atoms with Crippen molar-refractivity contribution in [2.75, 3.05) is 7.11 Å². The highest BCUT2D eigenvalue weighted by Crippen LogP contribution is 2.43. The first kappa shape index (κ1) is 16.2. The third-order valence-corrected chi connectivity index (χ3v) is 4.79. The second-order valence-corrected chi connectivity index (χ2v) is 6.86. The van der Waals surface area contributed by atoms with Gasteiger partial charge in [-0.25, -0.2) is 9.37 Å². The highest BCUT2D eigenvalue weighted by molar-refractivity contribution is 9.10. The second kappa shape index (κ2) is 6.24. The van der Waals surface area contributed by atoms with Gasteiger partial charge in [0.15, 0.2) is 11.5 Å². The molecule has 0 atom stereocenters. The minimum atomic E-state index is -0.377. The first-order valence-electron chi connectivity index (χ1n) is 7.49. The van der Waals surface area contributed by atoms with Crippen molar-refractivity contribution in [3.8, 4) is 28.8 Å². The lowest BCUT2D eigenvalue weighted by molar-refractivity contribution is 0.365. The van der Waals surface area contributed by atoms with Crippen LogP contribution in [0.2, 0.25) is 0 Å². The van der Waals surface area contributed by atoms with E-state index in [4.69, 9.17) is 21.7 Å². The minimum absolute atomic E-state index is 0.335.